The lowest BCUT2D eigenvalue weighted by atomic mass is 10.2. The Labute approximate surface area is 92.7 Å². The van der Waals surface area contributed by atoms with Crippen LogP contribution >= 0.6 is 0 Å². The highest BCUT2D eigenvalue weighted by atomic mass is 15.1. The summed E-state index contributed by atoms with van der Waals surface area (Å²) in [6.07, 6.45) is 6.13. The second-order valence-electron chi connectivity index (χ2n) is 4.11. The van der Waals surface area contributed by atoms with E-state index in [0.29, 0.717) is 11.3 Å². The second-order valence-corrected chi connectivity index (χ2v) is 4.11. The van der Waals surface area contributed by atoms with Gasteiger partial charge in [-0.25, -0.2) is 15.0 Å². The highest BCUT2D eigenvalue weighted by Crippen LogP contribution is 2.30. The Balaban J connectivity index is 2.08. The van der Waals surface area contributed by atoms with E-state index in [1.54, 1.807) is 6.33 Å². The summed E-state index contributed by atoms with van der Waals surface area (Å²) in [5.74, 6) is 0.423. The number of anilines is 1. The summed E-state index contributed by atoms with van der Waals surface area (Å²) in [4.78, 5) is 12.4. The third-order valence-electron chi connectivity index (χ3n) is 3.00. The Kier molecular flexibility index (Phi) is 2.03. The molecular formula is C10H13N6. The van der Waals surface area contributed by atoms with E-state index in [-0.39, 0.29) is 6.04 Å². The van der Waals surface area contributed by atoms with Crippen LogP contribution in [-0.4, -0.2) is 25.6 Å². The van der Waals surface area contributed by atoms with Crippen molar-refractivity contribution in [2.75, 3.05) is 5.73 Å². The number of hydrogen-bond donors (Lipinski definition) is 2. The van der Waals surface area contributed by atoms with Gasteiger partial charge in [0.1, 0.15) is 11.8 Å². The van der Waals surface area contributed by atoms with Crippen LogP contribution in [0, 0.1) is 6.04 Å². The first kappa shape index (κ1) is 9.53. The van der Waals surface area contributed by atoms with Gasteiger partial charge in [0.2, 0.25) is 0 Å². The topological polar surface area (TPSA) is 95.6 Å². The van der Waals surface area contributed by atoms with Gasteiger partial charge >= 0.3 is 0 Å². The molecule has 3 rings (SSSR count). The maximum absolute atomic E-state index is 5.89. The van der Waals surface area contributed by atoms with Crippen LogP contribution in [0.2, 0.25) is 0 Å². The molecule has 0 unspecified atom stereocenters. The molecule has 6 nitrogen and oxygen atoms in total. The lowest BCUT2D eigenvalue weighted by molar-refractivity contribution is 0.690. The van der Waals surface area contributed by atoms with Crippen molar-refractivity contribution in [3.63, 3.8) is 0 Å². The zero-order chi connectivity index (χ0) is 11.1. The number of hydrogen-bond acceptors (Lipinski definition) is 5. The van der Waals surface area contributed by atoms with Gasteiger partial charge in [0, 0.05) is 6.04 Å². The van der Waals surface area contributed by atoms with E-state index in [2.05, 4.69) is 15.0 Å². The summed E-state index contributed by atoms with van der Waals surface area (Å²) in [6, 6.07) is 1.51. The van der Waals surface area contributed by atoms with Gasteiger partial charge < -0.3 is 16.0 Å². The summed E-state index contributed by atoms with van der Waals surface area (Å²) >= 11 is 0. The third-order valence-corrected chi connectivity index (χ3v) is 3.00. The van der Waals surface area contributed by atoms with Crippen LogP contribution in [0.4, 0.5) is 5.82 Å². The molecule has 0 saturated heterocycles. The standard InChI is InChI=1S/C10H13N6/c11-6-1-2-7(3-6)16-5-15-8-9(12)13-4-14-10(8)16/h4-6H,1-3,11H2,(H2,12,13,14)/t6-/m1/s1. The lowest BCUT2D eigenvalue weighted by Crippen LogP contribution is -2.16. The molecule has 0 amide bonds. The van der Waals surface area contributed by atoms with Crippen molar-refractivity contribution in [2.24, 2.45) is 5.73 Å². The van der Waals surface area contributed by atoms with E-state index in [4.69, 9.17) is 11.5 Å². The molecule has 1 aliphatic rings. The first-order chi connectivity index (χ1) is 7.75. The Morgan fingerprint density at radius 1 is 1.31 bits per heavy atom. The zero-order valence-electron chi connectivity index (χ0n) is 8.80. The Bertz CT molecular complexity index is 519. The molecule has 0 aliphatic heterocycles. The summed E-state index contributed by atoms with van der Waals surface area (Å²) < 4.78 is 1.99. The molecule has 1 atom stereocenters. The van der Waals surface area contributed by atoms with Crippen LogP contribution < -0.4 is 11.5 Å². The van der Waals surface area contributed by atoms with Gasteiger partial charge in [-0.15, -0.1) is 0 Å². The van der Waals surface area contributed by atoms with Gasteiger partial charge in [0.25, 0.3) is 0 Å². The van der Waals surface area contributed by atoms with Gasteiger partial charge in [-0.1, -0.05) is 0 Å². The molecule has 1 saturated carbocycles. The zero-order valence-corrected chi connectivity index (χ0v) is 8.80. The molecule has 83 valence electrons. The number of aromatic nitrogens is 4. The average Bonchev–Trinajstić information content (AvgIpc) is 2.84. The summed E-state index contributed by atoms with van der Waals surface area (Å²) in [5, 5.41) is 0. The molecule has 2 aromatic rings. The quantitative estimate of drug-likeness (QED) is 0.716. The highest BCUT2D eigenvalue weighted by Gasteiger charge is 2.26. The van der Waals surface area contributed by atoms with Crippen LogP contribution in [-0.2, 0) is 0 Å². The monoisotopic (exact) mass is 217 g/mol. The Hall–Kier alpha value is -1.69. The van der Waals surface area contributed by atoms with Crippen molar-refractivity contribution in [3.8, 4) is 0 Å². The van der Waals surface area contributed by atoms with Gasteiger partial charge in [-0.3, -0.25) is 0 Å². The van der Waals surface area contributed by atoms with Crippen LogP contribution in [0.25, 0.3) is 11.2 Å². The summed E-state index contributed by atoms with van der Waals surface area (Å²) in [5.41, 5.74) is 13.1. The molecule has 16 heavy (non-hydrogen) atoms. The molecule has 0 bridgehead atoms. The molecule has 0 aromatic carbocycles. The van der Waals surface area contributed by atoms with Crippen molar-refractivity contribution in [2.45, 2.75) is 25.3 Å². The summed E-state index contributed by atoms with van der Waals surface area (Å²) in [6.45, 7) is 0. The third kappa shape index (κ3) is 1.34. The van der Waals surface area contributed by atoms with Crippen LogP contribution in [0.5, 0.6) is 0 Å². The van der Waals surface area contributed by atoms with Crippen LogP contribution in [0.15, 0.2) is 12.7 Å². The number of nitrogens with zero attached hydrogens (tertiary/aromatic N) is 4. The highest BCUT2D eigenvalue weighted by molar-refractivity contribution is 5.81. The van der Waals surface area contributed by atoms with E-state index in [0.717, 1.165) is 24.9 Å². The fraction of sp³-hybridized carbons (Fsp3) is 0.400. The maximum atomic E-state index is 5.89. The number of fused-ring (bicyclic) bond motifs is 1. The minimum Gasteiger partial charge on any atom is -0.382 e. The van der Waals surface area contributed by atoms with Crippen molar-refractivity contribution < 1.29 is 0 Å². The van der Waals surface area contributed by atoms with Crippen LogP contribution in [0.1, 0.15) is 19.3 Å². The smallest absolute Gasteiger partial charge is 0.166 e. The predicted molar refractivity (Wildman–Crippen MR) is 60.2 cm³/mol. The van der Waals surface area contributed by atoms with E-state index in [1.807, 2.05) is 4.57 Å². The molecule has 0 spiro atoms. The molecule has 1 fully saturated rings. The number of nitrogens with two attached hydrogens (primary N) is 2. The Morgan fingerprint density at radius 3 is 2.94 bits per heavy atom. The fourth-order valence-corrected chi connectivity index (χ4v) is 2.16. The predicted octanol–water partition coefficient (Wildman–Crippen LogP) is 0.300. The number of imidazole rings is 1. The van der Waals surface area contributed by atoms with Crippen molar-refractivity contribution >= 4 is 17.0 Å². The van der Waals surface area contributed by atoms with E-state index in [9.17, 15) is 0 Å². The molecule has 1 radical (unpaired) electrons. The minimum atomic E-state index is 0.256. The normalized spacial score (nSPS) is 21.9. The Morgan fingerprint density at radius 2 is 2.19 bits per heavy atom. The molecule has 2 heterocycles. The maximum Gasteiger partial charge on any atom is 0.166 e. The van der Waals surface area contributed by atoms with Crippen molar-refractivity contribution in [1.82, 2.24) is 19.5 Å². The molecular weight excluding hydrogens is 204 g/mol. The molecule has 1 aliphatic carbocycles. The van der Waals surface area contributed by atoms with E-state index >= 15 is 0 Å². The summed E-state index contributed by atoms with van der Waals surface area (Å²) in [7, 11) is 0. The SMILES string of the molecule is Nc1ncnc2c1ncn2[C]1CC[C@@H](N)C1. The number of rotatable bonds is 1. The van der Waals surface area contributed by atoms with Gasteiger partial charge in [-0.2, -0.15) is 0 Å². The largest absolute Gasteiger partial charge is 0.382 e. The van der Waals surface area contributed by atoms with Crippen molar-refractivity contribution in [3.05, 3.63) is 18.7 Å². The molecule has 6 heteroatoms. The lowest BCUT2D eigenvalue weighted by Gasteiger charge is -2.10. The van der Waals surface area contributed by atoms with Crippen LogP contribution in [0.3, 0.4) is 0 Å². The number of nitrogen functional groups attached to an aromatic ring is 1. The molecule has 2 aromatic heterocycles. The fourth-order valence-electron chi connectivity index (χ4n) is 2.16. The van der Waals surface area contributed by atoms with Gasteiger partial charge in [0.05, 0.1) is 12.4 Å². The second kappa shape index (κ2) is 3.41. The van der Waals surface area contributed by atoms with E-state index in [1.165, 1.54) is 12.4 Å². The van der Waals surface area contributed by atoms with Gasteiger partial charge in [0.15, 0.2) is 11.5 Å². The minimum absolute atomic E-state index is 0.256. The first-order valence-corrected chi connectivity index (χ1v) is 5.30. The van der Waals surface area contributed by atoms with Crippen molar-refractivity contribution in [1.29, 1.82) is 0 Å². The van der Waals surface area contributed by atoms with E-state index < -0.39 is 0 Å². The average molecular weight is 217 g/mol. The van der Waals surface area contributed by atoms with Gasteiger partial charge in [-0.05, 0) is 19.3 Å². The molecule has 4 N–H and O–H groups in total. The first-order valence-electron chi connectivity index (χ1n) is 5.30.